The van der Waals surface area contributed by atoms with Gasteiger partial charge in [-0.05, 0) is 30.3 Å². The molecule has 24 heavy (non-hydrogen) atoms. The van der Waals surface area contributed by atoms with Crippen molar-refractivity contribution in [2.24, 2.45) is 0 Å². The quantitative estimate of drug-likeness (QED) is 0.457. The number of anilines is 1. The average molecular weight is 377 g/mol. The summed E-state index contributed by atoms with van der Waals surface area (Å²) in [7, 11) is 1.67. The van der Waals surface area contributed by atoms with Crippen LogP contribution in [0.1, 0.15) is 9.67 Å². The molecule has 0 N–H and O–H groups in total. The molecule has 2 aromatic carbocycles. The topological polar surface area (TPSA) is 33.2 Å². The summed E-state index contributed by atoms with van der Waals surface area (Å²) < 4.78 is 15.0. The number of nitrogens with zero attached hydrogens (tertiary/aromatic N) is 2. The zero-order chi connectivity index (χ0) is 16.8. The highest BCUT2D eigenvalue weighted by molar-refractivity contribution is 7.23. The van der Waals surface area contributed by atoms with E-state index in [1.807, 2.05) is 24.3 Å². The number of aromatic nitrogens is 1. The zero-order valence-corrected chi connectivity index (χ0v) is 14.8. The summed E-state index contributed by atoms with van der Waals surface area (Å²) in [5, 5.41) is 1.64. The molecular weight excluding hydrogens is 367 g/mol. The number of hydrogen-bond acceptors (Lipinski definition) is 4. The third-order valence-corrected chi connectivity index (χ3v) is 6.42. The van der Waals surface area contributed by atoms with Crippen LogP contribution >= 0.6 is 34.3 Å². The minimum atomic E-state index is -0.348. The zero-order valence-electron chi connectivity index (χ0n) is 12.4. The number of para-hydroxylation sites is 1. The smallest absolute Gasteiger partial charge is 0.271 e. The molecule has 1 amide bonds. The Kier molecular flexibility index (Phi) is 3.75. The van der Waals surface area contributed by atoms with Gasteiger partial charge in [0.25, 0.3) is 5.91 Å². The fraction of sp³-hybridized carbons (Fsp3) is 0.0588. The number of halogens is 2. The van der Waals surface area contributed by atoms with E-state index < -0.39 is 0 Å². The third-order valence-electron chi connectivity index (χ3n) is 3.66. The molecule has 0 aliphatic rings. The third kappa shape index (κ3) is 2.47. The Morgan fingerprint density at radius 3 is 2.75 bits per heavy atom. The van der Waals surface area contributed by atoms with E-state index >= 15 is 0 Å². The van der Waals surface area contributed by atoms with Gasteiger partial charge in [-0.3, -0.25) is 9.69 Å². The molecule has 0 radical (unpaired) electrons. The molecular formula is C17H10ClFN2OS2. The van der Waals surface area contributed by atoms with Gasteiger partial charge in [0.15, 0.2) is 5.13 Å². The molecule has 0 aliphatic heterocycles. The summed E-state index contributed by atoms with van der Waals surface area (Å²) in [4.78, 5) is 19.2. The van der Waals surface area contributed by atoms with Gasteiger partial charge in [0.05, 0.1) is 15.2 Å². The second kappa shape index (κ2) is 5.81. The Labute approximate surface area is 149 Å². The summed E-state index contributed by atoms with van der Waals surface area (Å²) in [5.41, 5.74) is 0.849. The number of rotatable bonds is 2. The number of thiophene rings is 1. The summed E-state index contributed by atoms with van der Waals surface area (Å²) in [5.74, 6) is -0.598. The second-order valence-electron chi connectivity index (χ2n) is 5.21. The molecule has 0 saturated heterocycles. The molecule has 120 valence electrons. The maximum absolute atomic E-state index is 13.4. The normalized spacial score (nSPS) is 11.3. The summed E-state index contributed by atoms with van der Waals surface area (Å²) in [6, 6.07) is 12.0. The van der Waals surface area contributed by atoms with Gasteiger partial charge in [-0.15, -0.1) is 11.3 Å². The van der Waals surface area contributed by atoms with Crippen molar-refractivity contribution in [2.45, 2.75) is 0 Å². The molecule has 0 spiro atoms. The van der Waals surface area contributed by atoms with E-state index in [-0.39, 0.29) is 11.7 Å². The van der Waals surface area contributed by atoms with Crippen LogP contribution in [0, 0.1) is 5.82 Å². The van der Waals surface area contributed by atoms with Crippen molar-refractivity contribution in [1.29, 1.82) is 0 Å². The molecule has 2 aromatic heterocycles. The molecule has 4 aromatic rings. The average Bonchev–Trinajstić information content (AvgIpc) is 3.14. The first kappa shape index (κ1) is 15.5. The van der Waals surface area contributed by atoms with Crippen LogP contribution in [0.4, 0.5) is 9.52 Å². The Morgan fingerprint density at radius 1 is 1.17 bits per heavy atom. The van der Waals surface area contributed by atoms with Crippen molar-refractivity contribution in [3.05, 3.63) is 58.2 Å². The standard InChI is InChI=1S/C17H10ClFN2OS2/c1-21(17-20-11-4-2-3-5-12(11)24-17)16(22)15-14(18)10-7-6-9(19)8-13(10)23-15/h2-8H,1H3. The Bertz CT molecular complexity index is 1060. The van der Waals surface area contributed by atoms with Crippen LogP contribution in [0.2, 0.25) is 5.02 Å². The molecule has 0 atom stereocenters. The van der Waals surface area contributed by atoms with E-state index in [0.717, 1.165) is 10.2 Å². The van der Waals surface area contributed by atoms with Crippen molar-refractivity contribution >= 4 is 65.6 Å². The first-order chi connectivity index (χ1) is 11.5. The maximum Gasteiger partial charge on any atom is 0.271 e. The molecule has 3 nitrogen and oxygen atoms in total. The fourth-order valence-corrected chi connectivity index (χ4v) is 4.86. The highest BCUT2D eigenvalue weighted by Crippen LogP contribution is 2.37. The van der Waals surface area contributed by atoms with Gasteiger partial charge in [0.2, 0.25) is 0 Å². The Hall–Kier alpha value is -2.02. The number of benzene rings is 2. The molecule has 0 saturated carbocycles. The van der Waals surface area contributed by atoms with Crippen molar-refractivity contribution in [1.82, 2.24) is 4.98 Å². The number of carbonyl (C=O) groups excluding carboxylic acids is 1. The predicted molar refractivity (Wildman–Crippen MR) is 99.1 cm³/mol. The van der Waals surface area contributed by atoms with Crippen LogP contribution in [0.3, 0.4) is 0 Å². The SMILES string of the molecule is CN(C(=O)c1sc2cc(F)ccc2c1Cl)c1nc2ccccc2s1. The highest BCUT2D eigenvalue weighted by Gasteiger charge is 2.23. The van der Waals surface area contributed by atoms with Gasteiger partial charge < -0.3 is 0 Å². The van der Waals surface area contributed by atoms with E-state index in [1.54, 1.807) is 13.1 Å². The molecule has 2 heterocycles. The van der Waals surface area contributed by atoms with Crippen molar-refractivity contribution in [3.63, 3.8) is 0 Å². The number of thiazole rings is 1. The number of fused-ring (bicyclic) bond motifs is 2. The predicted octanol–water partition coefficient (Wildman–Crippen LogP) is 5.58. The molecule has 0 bridgehead atoms. The van der Waals surface area contributed by atoms with Crippen molar-refractivity contribution in [2.75, 3.05) is 11.9 Å². The maximum atomic E-state index is 13.4. The van der Waals surface area contributed by atoms with Crippen LogP contribution in [-0.4, -0.2) is 17.9 Å². The van der Waals surface area contributed by atoms with Gasteiger partial charge in [0, 0.05) is 17.1 Å². The minimum Gasteiger partial charge on any atom is -0.286 e. The van der Waals surface area contributed by atoms with E-state index in [2.05, 4.69) is 4.98 Å². The lowest BCUT2D eigenvalue weighted by atomic mass is 10.2. The van der Waals surface area contributed by atoms with E-state index in [9.17, 15) is 9.18 Å². The number of hydrogen-bond donors (Lipinski definition) is 0. The largest absolute Gasteiger partial charge is 0.286 e. The van der Waals surface area contributed by atoms with Gasteiger partial charge in [-0.1, -0.05) is 35.1 Å². The van der Waals surface area contributed by atoms with E-state index in [0.29, 0.717) is 25.1 Å². The Balaban J connectivity index is 1.76. The lowest BCUT2D eigenvalue weighted by Gasteiger charge is -2.12. The first-order valence-electron chi connectivity index (χ1n) is 7.06. The van der Waals surface area contributed by atoms with Gasteiger partial charge in [-0.25, -0.2) is 9.37 Å². The number of amides is 1. The van der Waals surface area contributed by atoms with Crippen LogP contribution in [0.15, 0.2) is 42.5 Å². The molecule has 4 rings (SSSR count). The molecule has 7 heteroatoms. The monoisotopic (exact) mass is 376 g/mol. The first-order valence-corrected chi connectivity index (χ1v) is 9.07. The van der Waals surface area contributed by atoms with Crippen molar-refractivity contribution in [3.8, 4) is 0 Å². The van der Waals surface area contributed by atoms with Crippen LogP contribution in [-0.2, 0) is 0 Å². The minimum absolute atomic E-state index is 0.249. The van der Waals surface area contributed by atoms with Crippen LogP contribution in [0.25, 0.3) is 20.3 Å². The summed E-state index contributed by atoms with van der Waals surface area (Å²) in [6.45, 7) is 0. The highest BCUT2D eigenvalue weighted by atomic mass is 35.5. The lowest BCUT2D eigenvalue weighted by Crippen LogP contribution is -2.25. The molecule has 0 unspecified atom stereocenters. The van der Waals surface area contributed by atoms with E-state index in [1.165, 1.54) is 39.7 Å². The molecule has 0 fully saturated rings. The molecule has 0 aliphatic carbocycles. The van der Waals surface area contributed by atoms with Crippen molar-refractivity contribution < 1.29 is 9.18 Å². The van der Waals surface area contributed by atoms with Gasteiger partial charge in [-0.2, -0.15) is 0 Å². The van der Waals surface area contributed by atoms with Crippen LogP contribution < -0.4 is 4.90 Å². The Morgan fingerprint density at radius 2 is 1.96 bits per heavy atom. The lowest BCUT2D eigenvalue weighted by molar-refractivity contribution is 0.0997. The summed E-state index contributed by atoms with van der Waals surface area (Å²) >= 11 is 8.97. The van der Waals surface area contributed by atoms with Crippen LogP contribution in [0.5, 0.6) is 0 Å². The van der Waals surface area contributed by atoms with E-state index in [4.69, 9.17) is 11.6 Å². The second-order valence-corrected chi connectivity index (χ2v) is 7.65. The fourth-order valence-electron chi connectivity index (χ4n) is 2.42. The van der Waals surface area contributed by atoms with Gasteiger partial charge >= 0.3 is 0 Å². The number of carbonyl (C=O) groups is 1. The van der Waals surface area contributed by atoms with Gasteiger partial charge in [0.1, 0.15) is 10.7 Å². The summed E-state index contributed by atoms with van der Waals surface area (Å²) in [6.07, 6.45) is 0.